The number of carbonyl (C=O) groups is 2. The van der Waals surface area contributed by atoms with Gasteiger partial charge in [-0.05, 0) is 0 Å². The predicted octanol–water partition coefficient (Wildman–Crippen LogP) is 5.57. The van der Waals surface area contributed by atoms with Crippen LogP contribution in [0.5, 0.6) is 0 Å². The number of amides is 1. The maximum absolute atomic E-state index is 13.5. The fourth-order valence-corrected chi connectivity index (χ4v) is 8.28. The molecule has 1 fully saturated rings. The summed E-state index contributed by atoms with van der Waals surface area (Å²) in [5, 5.41) is 3.39. The molecule has 0 heterocycles. The third-order valence-electron chi connectivity index (χ3n) is 6.50. The Morgan fingerprint density at radius 2 is 1.70 bits per heavy atom. The topological polar surface area (TPSA) is 55.4 Å². The van der Waals surface area contributed by atoms with Crippen LogP contribution < -0.4 is 5.32 Å². The van der Waals surface area contributed by atoms with Crippen molar-refractivity contribution in [3.05, 3.63) is 64.2 Å². The van der Waals surface area contributed by atoms with Crippen molar-refractivity contribution >= 4 is 36.4 Å². The molecule has 2 aromatic rings. The van der Waals surface area contributed by atoms with Crippen LogP contribution in [0.2, 0.25) is 5.02 Å². The molecule has 1 N–H and O–H groups in total. The SMILES string of the molecule is Cc1cc(Cl)cc(C)c1NC(=O)C1([PH](C)(C)CC(=O)OCc2ccccc2)CCC1. The van der Waals surface area contributed by atoms with Crippen LogP contribution in [0.1, 0.15) is 36.0 Å². The van der Waals surface area contributed by atoms with Crippen LogP contribution >= 0.6 is 18.9 Å². The summed E-state index contributed by atoms with van der Waals surface area (Å²) in [4.78, 5) is 26.1. The van der Waals surface area contributed by atoms with Crippen LogP contribution in [-0.4, -0.2) is 36.5 Å². The number of esters is 1. The van der Waals surface area contributed by atoms with E-state index in [2.05, 4.69) is 18.6 Å². The number of carbonyl (C=O) groups excluding carboxylic acids is 2. The molecule has 6 heteroatoms. The van der Waals surface area contributed by atoms with Crippen molar-refractivity contribution in [1.82, 2.24) is 0 Å². The summed E-state index contributed by atoms with van der Waals surface area (Å²) in [6.45, 7) is 8.44. The first kappa shape index (κ1) is 22.8. The van der Waals surface area contributed by atoms with Gasteiger partial charge in [-0.1, -0.05) is 0 Å². The molecule has 1 saturated carbocycles. The van der Waals surface area contributed by atoms with Gasteiger partial charge in [0.2, 0.25) is 0 Å². The van der Waals surface area contributed by atoms with Gasteiger partial charge in [0.1, 0.15) is 0 Å². The number of anilines is 1. The molecule has 0 spiro atoms. The van der Waals surface area contributed by atoms with E-state index in [4.69, 9.17) is 16.3 Å². The van der Waals surface area contributed by atoms with E-state index in [0.29, 0.717) is 11.2 Å². The zero-order chi connectivity index (χ0) is 21.9. The van der Waals surface area contributed by atoms with Crippen molar-refractivity contribution in [3.63, 3.8) is 0 Å². The van der Waals surface area contributed by atoms with Gasteiger partial charge in [0.15, 0.2) is 0 Å². The molecule has 3 rings (SSSR count). The first-order chi connectivity index (χ1) is 14.1. The van der Waals surface area contributed by atoms with E-state index in [-0.39, 0.29) is 18.5 Å². The molecule has 0 radical (unpaired) electrons. The van der Waals surface area contributed by atoms with Crippen molar-refractivity contribution < 1.29 is 14.3 Å². The van der Waals surface area contributed by atoms with Crippen LogP contribution in [0, 0.1) is 13.8 Å². The van der Waals surface area contributed by atoms with Gasteiger partial charge < -0.3 is 0 Å². The van der Waals surface area contributed by atoms with Crippen molar-refractivity contribution in [2.24, 2.45) is 0 Å². The number of ether oxygens (including phenoxy) is 1. The normalized spacial score (nSPS) is 15.8. The summed E-state index contributed by atoms with van der Waals surface area (Å²) in [5.41, 5.74) is 3.69. The van der Waals surface area contributed by atoms with Gasteiger partial charge in [0, 0.05) is 0 Å². The Hall–Kier alpha value is -1.90. The van der Waals surface area contributed by atoms with E-state index in [1.807, 2.05) is 56.3 Å². The third-order valence-corrected chi connectivity index (χ3v) is 11.2. The molecular weight excluding hydrogens is 417 g/mol. The summed E-state index contributed by atoms with van der Waals surface area (Å²) >= 11 is 6.13. The monoisotopic (exact) mass is 447 g/mol. The Morgan fingerprint density at radius 3 is 2.23 bits per heavy atom. The molecular formula is C24H31ClNO3P. The summed E-state index contributed by atoms with van der Waals surface area (Å²) < 4.78 is 5.53. The van der Waals surface area contributed by atoms with Crippen molar-refractivity contribution in [2.45, 2.75) is 44.9 Å². The zero-order valence-corrected chi connectivity index (χ0v) is 19.9. The molecule has 30 heavy (non-hydrogen) atoms. The second-order valence-corrected chi connectivity index (χ2v) is 14.5. The molecule has 0 atom stereocenters. The van der Waals surface area contributed by atoms with Gasteiger partial charge in [0.05, 0.1) is 0 Å². The molecule has 0 bridgehead atoms. The van der Waals surface area contributed by atoms with Crippen molar-refractivity contribution in [1.29, 1.82) is 0 Å². The quantitative estimate of drug-likeness (QED) is 0.446. The first-order valence-electron chi connectivity index (χ1n) is 10.4. The molecule has 2 aromatic carbocycles. The molecule has 0 aliphatic heterocycles. The second-order valence-electron chi connectivity index (χ2n) is 9.01. The summed E-state index contributed by atoms with van der Waals surface area (Å²) in [5.74, 6) is -0.178. The zero-order valence-electron chi connectivity index (χ0n) is 18.2. The summed E-state index contributed by atoms with van der Waals surface area (Å²) in [7, 11) is -2.25. The molecule has 1 aliphatic carbocycles. The van der Waals surface area contributed by atoms with Crippen molar-refractivity contribution in [3.8, 4) is 0 Å². The van der Waals surface area contributed by atoms with Crippen LogP contribution in [0.4, 0.5) is 5.69 Å². The number of rotatable bonds is 7. The minimum absolute atomic E-state index is 0.0369. The molecule has 4 nitrogen and oxygen atoms in total. The Labute approximate surface area is 184 Å². The molecule has 0 saturated heterocycles. The summed E-state index contributed by atoms with van der Waals surface area (Å²) in [6, 6.07) is 13.4. The van der Waals surface area contributed by atoms with Crippen LogP contribution in [0.3, 0.4) is 0 Å². The Morgan fingerprint density at radius 1 is 1.10 bits per heavy atom. The van der Waals surface area contributed by atoms with Gasteiger partial charge in [-0.3, -0.25) is 0 Å². The number of hydrogen-bond acceptors (Lipinski definition) is 3. The van der Waals surface area contributed by atoms with Crippen molar-refractivity contribution in [2.75, 3.05) is 24.8 Å². The average molecular weight is 448 g/mol. The number of benzene rings is 2. The number of hydrogen-bond donors (Lipinski definition) is 1. The fourth-order valence-electron chi connectivity index (χ4n) is 4.40. The molecule has 0 aromatic heterocycles. The average Bonchev–Trinajstić information content (AvgIpc) is 2.62. The van der Waals surface area contributed by atoms with E-state index in [0.717, 1.165) is 41.6 Å². The van der Waals surface area contributed by atoms with Gasteiger partial charge in [-0.15, -0.1) is 0 Å². The van der Waals surface area contributed by atoms with Gasteiger partial charge in [-0.25, -0.2) is 0 Å². The second kappa shape index (κ2) is 9.08. The van der Waals surface area contributed by atoms with E-state index in [1.54, 1.807) is 0 Å². The van der Waals surface area contributed by atoms with Gasteiger partial charge >= 0.3 is 185 Å². The Bertz CT molecular complexity index is 916. The van der Waals surface area contributed by atoms with Crippen LogP contribution in [0.15, 0.2) is 42.5 Å². The minimum atomic E-state index is -2.25. The van der Waals surface area contributed by atoms with E-state index < -0.39 is 12.4 Å². The summed E-state index contributed by atoms with van der Waals surface area (Å²) in [6.07, 6.45) is 3.01. The van der Waals surface area contributed by atoms with Crippen LogP contribution in [-0.2, 0) is 20.9 Å². The maximum atomic E-state index is 13.5. The standard InChI is InChI=1S/C24H31ClNO3P/c1-17-13-20(25)14-18(2)22(17)26-23(28)24(11-8-12-24)30(3,4)16-21(27)29-15-19-9-6-5-7-10-19/h5-7,9-10,13-14,30H,8,11-12,15-16H2,1-4H3,(H,26,28). The van der Waals surface area contributed by atoms with Crippen LogP contribution in [0.25, 0.3) is 0 Å². The molecule has 1 aliphatic rings. The molecule has 162 valence electrons. The Balaban J connectivity index is 1.71. The molecule has 0 unspecified atom stereocenters. The first-order valence-corrected chi connectivity index (χ1v) is 14.0. The Kier molecular flexibility index (Phi) is 6.89. The molecule has 1 amide bonds. The van der Waals surface area contributed by atoms with Gasteiger partial charge in [-0.2, -0.15) is 0 Å². The number of aryl methyl sites for hydroxylation is 2. The number of nitrogens with one attached hydrogen (secondary N) is 1. The van der Waals surface area contributed by atoms with E-state index in [9.17, 15) is 9.59 Å². The van der Waals surface area contributed by atoms with E-state index in [1.165, 1.54) is 0 Å². The number of halogens is 1. The predicted molar refractivity (Wildman–Crippen MR) is 127 cm³/mol. The van der Waals surface area contributed by atoms with E-state index >= 15 is 0 Å². The third kappa shape index (κ3) is 4.71. The fraction of sp³-hybridized carbons (Fsp3) is 0.417. The van der Waals surface area contributed by atoms with Gasteiger partial charge in [0.25, 0.3) is 0 Å².